The van der Waals surface area contributed by atoms with Gasteiger partial charge in [0.2, 0.25) is 0 Å². The van der Waals surface area contributed by atoms with Crippen molar-refractivity contribution in [3.05, 3.63) is 64.7 Å². The molecule has 2 heterocycles. The minimum absolute atomic E-state index is 0.0925. The van der Waals surface area contributed by atoms with Crippen LogP contribution < -0.4 is 5.32 Å². The van der Waals surface area contributed by atoms with E-state index in [-0.39, 0.29) is 11.8 Å². The average Bonchev–Trinajstić information content (AvgIpc) is 3.25. The topological polar surface area (TPSA) is 64.7 Å². The maximum Gasteiger partial charge on any atom is 0.254 e. The minimum atomic E-state index is -0.0925. The van der Waals surface area contributed by atoms with Gasteiger partial charge in [-0.15, -0.1) is 0 Å². The highest BCUT2D eigenvalue weighted by molar-refractivity contribution is 6.30. The van der Waals surface area contributed by atoms with Crippen LogP contribution >= 0.6 is 11.6 Å². The third kappa shape index (κ3) is 4.57. The average molecular weight is 386 g/mol. The molecule has 0 aliphatic rings. The second-order valence-corrected chi connectivity index (χ2v) is 7.30. The highest BCUT2D eigenvalue weighted by Gasteiger charge is 2.20. The summed E-state index contributed by atoms with van der Waals surface area (Å²) < 4.78 is 3.60. The number of amides is 1. The minimum Gasteiger partial charge on any atom is -0.352 e. The van der Waals surface area contributed by atoms with E-state index in [1.807, 2.05) is 48.4 Å². The molecule has 0 radical (unpaired) electrons. The number of nitrogens with one attached hydrogen (secondary N) is 1. The highest BCUT2D eigenvalue weighted by atomic mass is 35.5. The van der Waals surface area contributed by atoms with Crippen molar-refractivity contribution in [1.82, 2.24) is 24.9 Å². The van der Waals surface area contributed by atoms with Gasteiger partial charge in [-0.1, -0.05) is 25.4 Å². The summed E-state index contributed by atoms with van der Waals surface area (Å²) in [7, 11) is 1.90. The number of nitrogens with zero attached hydrogens (tertiary/aromatic N) is 4. The number of carbonyl (C=O) groups is 1. The summed E-state index contributed by atoms with van der Waals surface area (Å²) in [5.74, 6) is 0.0596. The molecule has 0 unspecified atom stereocenters. The molecule has 0 atom stereocenters. The number of rotatable bonds is 7. The zero-order valence-corrected chi connectivity index (χ0v) is 16.6. The molecule has 1 amide bonds. The van der Waals surface area contributed by atoms with Gasteiger partial charge in [-0.3, -0.25) is 9.48 Å². The van der Waals surface area contributed by atoms with Crippen LogP contribution in [-0.4, -0.2) is 32.0 Å². The zero-order valence-electron chi connectivity index (χ0n) is 15.8. The van der Waals surface area contributed by atoms with Crippen LogP contribution in [0.5, 0.6) is 0 Å². The van der Waals surface area contributed by atoms with E-state index in [0.29, 0.717) is 17.1 Å². The Morgan fingerprint density at radius 3 is 2.56 bits per heavy atom. The molecule has 27 heavy (non-hydrogen) atoms. The summed E-state index contributed by atoms with van der Waals surface area (Å²) in [6.07, 6.45) is 7.24. The first kappa shape index (κ1) is 19.2. The zero-order chi connectivity index (χ0) is 19.4. The van der Waals surface area contributed by atoms with E-state index in [1.54, 1.807) is 10.9 Å². The molecule has 2 aromatic heterocycles. The van der Waals surface area contributed by atoms with Crippen LogP contribution in [0.15, 0.2) is 42.9 Å². The number of aromatic nitrogens is 4. The molecule has 7 heteroatoms. The Hall–Kier alpha value is -2.60. The number of carbonyl (C=O) groups excluding carboxylic acids is 1. The van der Waals surface area contributed by atoms with Crippen molar-refractivity contribution in [3.8, 4) is 5.69 Å². The van der Waals surface area contributed by atoms with E-state index in [0.717, 1.165) is 24.2 Å². The van der Waals surface area contributed by atoms with Crippen LogP contribution in [0.2, 0.25) is 5.02 Å². The first-order valence-corrected chi connectivity index (χ1v) is 9.43. The van der Waals surface area contributed by atoms with Gasteiger partial charge in [0.25, 0.3) is 5.91 Å². The Labute approximate surface area is 164 Å². The Morgan fingerprint density at radius 2 is 1.93 bits per heavy atom. The van der Waals surface area contributed by atoms with Crippen molar-refractivity contribution in [2.24, 2.45) is 7.05 Å². The summed E-state index contributed by atoms with van der Waals surface area (Å²) in [6.45, 7) is 4.72. The van der Waals surface area contributed by atoms with E-state index in [4.69, 9.17) is 11.6 Å². The number of benzene rings is 1. The molecule has 0 saturated carbocycles. The highest BCUT2D eigenvalue weighted by Crippen LogP contribution is 2.24. The van der Waals surface area contributed by atoms with Crippen LogP contribution in [0, 0.1) is 0 Å². The number of halogens is 1. The Bertz CT molecular complexity index is 911. The Balaban J connectivity index is 1.68. The normalized spacial score (nSPS) is 11.1. The van der Waals surface area contributed by atoms with Crippen molar-refractivity contribution in [2.45, 2.75) is 32.6 Å². The van der Waals surface area contributed by atoms with Gasteiger partial charge < -0.3 is 5.32 Å². The maximum absolute atomic E-state index is 12.7. The lowest BCUT2D eigenvalue weighted by Crippen LogP contribution is -2.26. The molecule has 0 aliphatic heterocycles. The standard InChI is InChI=1S/C20H24ClN5O/c1-14(2)19-18(12-24-26(19)17-8-6-16(21)7-9-17)20(27)22-10-4-5-15-11-23-25(3)13-15/h6-9,11-14H,4-5,10H2,1-3H3,(H,22,27). The molecule has 1 N–H and O–H groups in total. The molecule has 0 aliphatic carbocycles. The molecule has 0 bridgehead atoms. The molecular weight excluding hydrogens is 362 g/mol. The Morgan fingerprint density at radius 1 is 1.19 bits per heavy atom. The molecular formula is C20H24ClN5O. The fraction of sp³-hybridized carbons (Fsp3) is 0.350. The number of hydrogen-bond donors (Lipinski definition) is 1. The Kier molecular flexibility index (Phi) is 5.96. The van der Waals surface area contributed by atoms with Crippen molar-refractivity contribution >= 4 is 17.5 Å². The summed E-state index contributed by atoms with van der Waals surface area (Å²) in [4.78, 5) is 12.7. The first-order valence-electron chi connectivity index (χ1n) is 9.05. The fourth-order valence-corrected chi connectivity index (χ4v) is 3.19. The lowest BCUT2D eigenvalue weighted by Gasteiger charge is -2.13. The van der Waals surface area contributed by atoms with Crippen LogP contribution in [0.4, 0.5) is 0 Å². The van der Waals surface area contributed by atoms with Crippen molar-refractivity contribution < 1.29 is 4.79 Å². The second-order valence-electron chi connectivity index (χ2n) is 6.87. The lowest BCUT2D eigenvalue weighted by molar-refractivity contribution is 0.0952. The van der Waals surface area contributed by atoms with Gasteiger partial charge in [0.05, 0.1) is 29.3 Å². The quantitative estimate of drug-likeness (QED) is 0.630. The molecule has 0 spiro atoms. The van der Waals surface area contributed by atoms with Crippen LogP contribution in [0.25, 0.3) is 5.69 Å². The molecule has 3 aromatic rings. The summed E-state index contributed by atoms with van der Waals surface area (Å²) in [6, 6.07) is 7.44. The van der Waals surface area contributed by atoms with Crippen molar-refractivity contribution in [3.63, 3.8) is 0 Å². The van der Waals surface area contributed by atoms with Crippen molar-refractivity contribution in [1.29, 1.82) is 0 Å². The lowest BCUT2D eigenvalue weighted by atomic mass is 10.0. The van der Waals surface area contributed by atoms with Crippen molar-refractivity contribution in [2.75, 3.05) is 6.54 Å². The van der Waals surface area contributed by atoms with Gasteiger partial charge in [0.15, 0.2) is 0 Å². The molecule has 1 aromatic carbocycles. The third-order valence-corrected chi connectivity index (χ3v) is 4.61. The molecule has 6 nitrogen and oxygen atoms in total. The van der Waals surface area contributed by atoms with Gasteiger partial charge in [-0.2, -0.15) is 10.2 Å². The largest absolute Gasteiger partial charge is 0.352 e. The van der Waals surface area contributed by atoms with Gasteiger partial charge in [0.1, 0.15) is 0 Å². The number of aryl methyl sites for hydroxylation is 2. The van der Waals surface area contributed by atoms with Gasteiger partial charge in [-0.25, -0.2) is 4.68 Å². The van der Waals surface area contributed by atoms with E-state index >= 15 is 0 Å². The maximum atomic E-state index is 12.7. The number of hydrogen-bond acceptors (Lipinski definition) is 3. The molecule has 142 valence electrons. The van der Waals surface area contributed by atoms with Gasteiger partial charge in [-0.05, 0) is 48.6 Å². The van der Waals surface area contributed by atoms with E-state index in [2.05, 4.69) is 29.4 Å². The van der Waals surface area contributed by atoms with E-state index in [1.165, 1.54) is 5.56 Å². The monoisotopic (exact) mass is 385 g/mol. The van der Waals surface area contributed by atoms with Crippen LogP contribution in [0.1, 0.15) is 47.8 Å². The van der Waals surface area contributed by atoms with Gasteiger partial charge >= 0.3 is 0 Å². The van der Waals surface area contributed by atoms with E-state index < -0.39 is 0 Å². The third-order valence-electron chi connectivity index (χ3n) is 4.36. The van der Waals surface area contributed by atoms with Crippen LogP contribution in [-0.2, 0) is 13.5 Å². The molecule has 0 fully saturated rings. The van der Waals surface area contributed by atoms with Crippen LogP contribution in [0.3, 0.4) is 0 Å². The van der Waals surface area contributed by atoms with Gasteiger partial charge in [0, 0.05) is 24.8 Å². The van der Waals surface area contributed by atoms with E-state index in [9.17, 15) is 4.79 Å². The summed E-state index contributed by atoms with van der Waals surface area (Å²) in [5.41, 5.74) is 3.56. The summed E-state index contributed by atoms with van der Waals surface area (Å²) >= 11 is 5.97. The summed E-state index contributed by atoms with van der Waals surface area (Å²) in [5, 5.41) is 12.3. The predicted octanol–water partition coefficient (Wildman–Crippen LogP) is 3.75. The predicted molar refractivity (Wildman–Crippen MR) is 107 cm³/mol. The first-order chi connectivity index (χ1) is 13.0. The smallest absolute Gasteiger partial charge is 0.254 e. The second kappa shape index (κ2) is 8.39. The fourth-order valence-electron chi connectivity index (χ4n) is 3.07. The SMILES string of the molecule is CC(C)c1c(C(=O)NCCCc2cnn(C)c2)cnn1-c1ccc(Cl)cc1. The molecule has 0 saturated heterocycles. The molecule has 3 rings (SSSR count).